The van der Waals surface area contributed by atoms with Gasteiger partial charge in [-0.3, -0.25) is 9.89 Å². The van der Waals surface area contributed by atoms with E-state index in [1.54, 1.807) is 12.1 Å². The Bertz CT molecular complexity index is 696. The molecule has 1 atom stereocenters. The summed E-state index contributed by atoms with van der Waals surface area (Å²) in [6.45, 7) is 14.0. The zero-order valence-corrected chi connectivity index (χ0v) is 22.1. The molecule has 6 nitrogen and oxygen atoms in total. The minimum atomic E-state index is -0.205. The first-order valence-electron chi connectivity index (χ1n) is 11.7. The molecule has 0 radical (unpaired) electrons. The van der Waals surface area contributed by atoms with Crippen molar-refractivity contribution in [1.82, 2.24) is 15.5 Å². The van der Waals surface area contributed by atoms with Gasteiger partial charge < -0.3 is 20.1 Å². The SMILES string of the molecule is CCNC(=NCC1(c2ccc(F)cc2)CCOCC1)NCC1CN(CC(C)C)CCO1.I. The van der Waals surface area contributed by atoms with Crippen LogP contribution in [-0.4, -0.2) is 76.1 Å². The topological polar surface area (TPSA) is 58.1 Å². The van der Waals surface area contributed by atoms with Crippen LogP contribution in [-0.2, 0) is 14.9 Å². The summed E-state index contributed by atoms with van der Waals surface area (Å²) < 4.78 is 25.1. The van der Waals surface area contributed by atoms with Crippen LogP contribution in [0.3, 0.4) is 0 Å². The molecule has 0 bridgehead atoms. The molecule has 2 heterocycles. The van der Waals surface area contributed by atoms with E-state index in [0.29, 0.717) is 25.7 Å². The Morgan fingerprint density at radius 3 is 2.56 bits per heavy atom. The predicted octanol–water partition coefficient (Wildman–Crippen LogP) is 3.40. The zero-order chi connectivity index (χ0) is 22.1. The molecule has 182 valence electrons. The molecular weight excluding hydrogens is 522 g/mol. The molecule has 8 heteroatoms. The number of ether oxygens (including phenoxy) is 2. The van der Waals surface area contributed by atoms with Crippen molar-refractivity contribution in [3.63, 3.8) is 0 Å². The molecule has 2 saturated heterocycles. The zero-order valence-electron chi connectivity index (χ0n) is 19.7. The van der Waals surface area contributed by atoms with Crippen LogP contribution in [0.4, 0.5) is 4.39 Å². The number of nitrogens with zero attached hydrogens (tertiary/aromatic N) is 2. The molecule has 0 amide bonds. The van der Waals surface area contributed by atoms with Gasteiger partial charge in [-0.15, -0.1) is 24.0 Å². The summed E-state index contributed by atoms with van der Waals surface area (Å²) in [6, 6.07) is 6.89. The normalized spacial score (nSPS) is 21.8. The van der Waals surface area contributed by atoms with E-state index in [1.807, 2.05) is 12.1 Å². The van der Waals surface area contributed by atoms with Crippen LogP contribution in [0.25, 0.3) is 0 Å². The minimum absolute atomic E-state index is 0. The molecule has 1 unspecified atom stereocenters. The van der Waals surface area contributed by atoms with E-state index in [0.717, 1.165) is 63.7 Å². The second-order valence-corrected chi connectivity index (χ2v) is 9.12. The lowest BCUT2D eigenvalue weighted by Crippen LogP contribution is -2.50. The van der Waals surface area contributed by atoms with Crippen molar-refractivity contribution in [2.75, 3.05) is 59.1 Å². The predicted molar refractivity (Wildman–Crippen MR) is 139 cm³/mol. The van der Waals surface area contributed by atoms with Crippen molar-refractivity contribution in [3.8, 4) is 0 Å². The Balaban J connectivity index is 0.00000363. The Morgan fingerprint density at radius 2 is 1.91 bits per heavy atom. The molecule has 0 aliphatic carbocycles. The van der Waals surface area contributed by atoms with E-state index in [-0.39, 0.29) is 41.3 Å². The maximum absolute atomic E-state index is 13.5. The average Bonchev–Trinajstić information content (AvgIpc) is 2.76. The van der Waals surface area contributed by atoms with Crippen LogP contribution in [0.2, 0.25) is 0 Å². The quantitative estimate of drug-likeness (QED) is 0.289. The van der Waals surface area contributed by atoms with E-state index in [1.165, 1.54) is 0 Å². The van der Waals surface area contributed by atoms with Crippen molar-refractivity contribution in [1.29, 1.82) is 0 Å². The largest absolute Gasteiger partial charge is 0.381 e. The molecule has 2 N–H and O–H groups in total. The number of aliphatic imine (C=N–C) groups is 1. The highest BCUT2D eigenvalue weighted by molar-refractivity contribution is 14.0. The first-order valence-corrected chi connectivity index (χ1v) is 11.7. The van der Waals surface area contributed by atoms with Gasteiger partial charge in [0.2, 0.25) is 0 Å². The number of hydrogen-bond donors (Lipinski definition) is 2. The van der Waals surface area contributed by atoms with Gasteiger partial charge in [-0.25, -0.2) is 4.39 Å². The van der Waals surface area contributed by atoms with Gasteiger partial charge in [0, 0.05) is 51.4 Å². The van der Waals surface area contributed by atoms with Gasteiger partial charge in [0.25, 0.3) is 0 Å². The third kappa shape index (κ3) is 8.11. The van der Waals surface area contributed by atoms with E-state index in [9.17, 15) is 4.39 Å². The number of guanidine groups is 1. The van der Waals surface area contributed by atoms with Crippen molar-refractivity contribution < 1.29 is 13.9 Å². The van der Waals surface area contributed by atoms with Gasteiger partial charge in [-0.05, 0) is 43.4 Å². The lowest BCUT2D eigenvalue weighted by Gasteiger charge is -2.37. The summed E-state index contributed by atoms with van der Waals surface area (Å²) >= 11 is 0. The number of benzene rings is 1. The van der Waals surface area contributed by atoms with Gasteiger partial charge in [-0.2, -0.15) is 0 Å². The number of nitrogens with one attached hydrogen (secondary N) is 2. The second kappa shape index (κ2) is 13.7. The average molecular weight is 563 g/mol. The van der Waals surface area contributed by atoms with E-state index in [2.05, 4.69) is 36.3 Å². The molecular formula is C24H40FIN4O2. The Labute approximate surface area is 209 Å². The lowest BCUT2D eigenvalue weighted by molar-refractivity contribution is -0.0284. The van der Waals surface area contributed by atoms with Crippen molar-refractivity contribution >= 4 is 29.9 Å². The standard InChI is InChI=1S/C24H39FN4O2.HI/c1-4-26-23(27-15-22-17-29(11-14-31-22)16-19(2)3)28-18-24(9-12-30-13-10-24)20-5-7-21(25)8-6-20;/h5-8,19,22H,4,9-18H2,1-3H3,(H2,26,27,28);1H. The smallest absolute Gasteiger partial charge is 0.191 e. The molecule has 0 aromatic heterocycles. The van der Waals surface area contributed by atoms with Gasteiger partial charge in [0.15, 0.2) is 5.96 Å². The summed E-state index contributed by atoms with van der Waals surface area (Å²) in [7, 11) is 0. The van der Waals surface area contributed by atoms with Crippen LogP contribution in [0.1, 0.15) is 39.2 Å². The molecule has 2 fully saturated rings. The fourth-order valence-electron chi connectivity index (χ4n) is 4.47. The maximum atomic E-state index is 13.5. The Morgan fingerprint density at radius 1 is 1.19 bits per heavy atom. The van der Waals surface area contributed by atoms with Crippen LogP contribution in [0, 0.1) is 11.7 Å². The van der Waals surface area contributed by atoms with Crippen LogP contribution >= 0.6 is 24.0 Å². The van der Waals surface area contributed by atoms with Gasteiger partial charge in [-0.1, -0.05) is 26.0 Å². The lowest BCUT2D eigenvalue weighted by atomic mass is 9.74. The Hall–Kier alpha value is -0.970. The minimum Gasteiger partial charge on any atom is -0.381 e. The monoisotopic (exact) mass is 562 g/mol. The second-order valence-electron chi connectivity index (χ2n) is 9.12. The van der Waals surface area contributed by atoms with E-state index < -0.39 is 0 Å². The summed E-state index contributed by atoms with van der Waals surface area (Å²) in [5.41, 5.74) is 1.01. The highest BCUT2D eigenvalue weighted by atomic mass is 127. The van der Waals surface area contributed by atoms with Crippen LogP contribution in [0.5, 0.6) is 0 Å². The maximum Gasteiger partial charge on any atom is 0.191 e. The first kappa shape index (κ1) is 27.3. The fourth-order valence-corrected chi connectivity index (χ4v) is 4.47. The molecule has 0 spiro atoms. The summed E-state index contributed by atoms with van der Waals surface area (Å²) in [6.07, 6.45) is 1.93. The van der Waals surface area contributed by atoms with Gasteiger partial charge in [0.1, 0.15) is 5.82 Å². The van der Waals surface area contributed by atoms with Crippen molar-refractivity contribution in [2.45, 2.75) is 45.1 Å². The molecule has 32 heavy (non-hydrogen) atoms. The molecule has 1 aromatic carbocycles. The molecule has 2 aliphatic rings. The number of halogens is 2. The van der Waals surface area contributed by atoms with E-state index >= 15 is 0 Å². The third-order valence-corrected chi connectivity index (χ3v) is 6.13. The first-order chi connectivity index (χ1) is 15.0. The highest BCUT2D eigenvalue weighted by Crippen LogP contribution is 2.35. The number of morpholine rings is 1. The van der Waals surface area contributed by atoms with Crippen molar-refractivity contribution in [2.24, 2.45) is 10.9 Å². The number of hydrogen-bond acceptors (Lipinski definition) is 4. The highest BCUT2D eigenvalue weighted by Gasteiger charge is 2.34. The van der Waals surface area contributed by atoms with E-state index in [4.69, 9.17) is 14.5 Å². The van der Waals surface area contributed by atoms with Crippen molar-refractivity contribution in [3.05, 3.63) is 35.6 Å². The fraction of sp³-hybridized carbons (Fsp3) is 0.708. The molecule has 3 rings (SSSR count). The summed E-state index contributed by atoms with van der Waals surface area (Å²) in [5.74, 6) is 1.26. The molecule has 0 saturated carbocycles. The summed E-state index contributed by atoms with van der Waals surface area (Å²) in [5, 5.41) is 6.84. The molecule has 1 aromatic rings. The number of rotatable bonds is 8. The van der Waals surface area contributed by atoms with Gasteiger partial charge in [0.05, 0.1) is 19.3 Å². The van der Waals surface area contributed by atoms with Crippen LogP contribution < -0.4 is 10.6 Å². The third-order valence-electron chi connectivity index (χ3n) is 6.13. The van der Waals surface area contributed by atoms with Crippen LogP contribution in [0.15, 0.2) is 29.3 Å². The summed E-state index contributed by atoms with van der Waals surface area (Å²) in [4.78, 5) is 7.42. The van der Waals surface area contributed by atoms with Gasteiger partial charge >= 0.3 is 0 Å². The molecule has 2 aliphatic heterocycles. The Kier molecular flexibility index (Phi) is 11.7.